The van der Waals surface area contributed by atoms with E-state index in [0.717, 1.165) is 50.9 Å². The molecule has 1 fully saturated rings. The lowest BCUT2D eigenvalue weighted by Crippen LogP contribution is -2.34. The number of ether oxygens (including phenoxy) is 1. The molecular formula is C24H29N3O3S. The Morgan fingerprint density at radius 1 is 0.968 bits per heavy atom. The third kappa shape index (κ3) is 6.79. The van der Waals surface area contributed by atoms with Gasteiger partial charge in [-0.2, -0.15) is 0 Å². The second-order valence-corrected chi connectivity index (χ2v) is 7.97. The predicted octanol–water partition coefficient (Wildman–Crippen LogP) is 4.62. The molecule has 0 bridgehead atoms. The van der Waals surface area contributed by atoms with Gasteiger partial charge >= 0.3 is 0 Å². The van der Waals surface area contributed by atoms with Crippen molar-refractivity contribution < 1.29 is 14.3 Å². The minimum Gasteiger partial charge on any atom is -0.494 e. The molecule has 0 aromatic heterocycles. The van der Waals surface area contributed by atoms with Crippen LogP contribution in [0.25, 0.3) is 0 Å². The topological polar surface area (TPSA) is 70.7 Å². The molecule has 2 aromatic rings. The number of likely N-dealkylation sites (tertiary alicyclic amines) is 1. The number of rotatable bonds is 8. The maximum atomic E-state index is 12.4. The van der Waals surface area contributed by atoms with Crippen LogP contribution in [0.5, 0.6) is 5.75 Å². The number of benzene rings is 2. The molecule has 31 heavy (non-hydrogen) atoms. The van der Waals surface area contributed by atoms with Crippen molar-refractivity contribution >= 4 is 34.8 Å². The fourth-order valence-corrected chi connectivity index (χ4v) is 3.59. The molecular weight excluding hydrogens is 410 g/mol. The Morgan fingerprint density at radius 3 is 2.26 bits per heavy atom. The van der Waals surface area contributed by atoms with E-state index in [4.69, 9.17) is 17.0 Å². The maximum Gasteiger partial charge on any atom is 0.257 e. The van der Waals surface area contributed by atoms with Gasteiger partial charge in [0.05, 0.1) is 6.61 Å². The fraction of sp³-hybridized carbons (Fsp3) is 0.375. The van der Waals surface area contributed by atoms with E-state index in [2.05, 4.69) is 17.6 Å². The van der Waals surface area contributed by atoms with Gasteiger partial charge in [-0.3, -0.25) is 14.9 Å². The van der Waals surface area contributed by atoms with Crippen molar-refractivity contribution in [1.29, 1.82) is 0 Å². The first kappa shape index (κ1) is 22.7. The van der Waals surface area contributed by atoms with Crippen molar-refractivity contribution in [2.45, 2.75) is 39.0 Å². The van der Waals surface area contributed by atoms with Crippen LogP contribution in [0, 0.1) is 0 Å². The van der Waals surface area contributed by atoms with Crippen molar-refractivity contribution in [3.63, 3.8) is 0 Å². The highest BCUT2D eigenvalue weighted by Crippen LogP contribution is 2.16. The lowest BCUT2D eigenvalue weighted by Gasteiger charge is -2.15. The zero-order chi connectivity index (χ0) is 22.1. The van der Waals surface area contributed by atoms with Gasteiger partial charge in [-0.1, -0.05) is 19.8 Å². The highest BCUT2D eigenvalue weighted by molar-refractivity contribution is 7.80. The van der Waals surface area contributed by atoms with Crippen LogP contribution in [0.1, 0.15) is 59.7 Å². The summed E-state index contributed by atoms with van der Waals surface area (Å²) in [5.41, 5.74) is 1.86. The van der Waals surface area contributed by atoms with Gasteiger partial charge in [-0.05, 0) is 80.0 Å². The van der Waals surface area contributed by atoms with Gasteiger partial charge in [-0.25, -0.2) is 0 Å². The van der Waals surface area contributed by atoms with Crippen LogP contribution >= 0.6 is 12.2 Å². The molecule has 0 radical (unpaired) electrons. The van der Waals surface area contributed by atoms with Gasteiger partial charge < -0.3 is 15.0 Å². The fourth-order valence-electron chi connectivity index (χ4n) is 3.38. The average Bonchev–Trinajstić information content (AvgIpc) is 3.32. The first-order valence-corrected chi connectivity index (χ1v) is 11.2. The van der Waals surface area contributed by atoms with Crippen molar-refractivity contribution in [2.75, 3.05) is 25.0 Å². The maximum absolute atomic E-state index is 12.4. The summed E-state index contributed by atoms with van der Waals surface area (Å²) in [6, 6.07) is 14.1. The smallest absolute Gasteiger partial charge is 0.257 e. The third-order valence-corrected chi connectivity index (χ3v) is 5.35. The van der Waals surface area contributed by atoms with E-state index in [9.17, 15) is 9.59 Å². The molecule has 0 atom stereocenters. The number of thiocarbonyl (C=S) groups is 1. The number of hydrogen-bond acceptors (Lipinski definition) is 4. The van der Waals surface area contributed by atoms with Gasteiger partial charge in [-0.15, -0.1) is 0 Å². The monoisotopic (exact) mass is 439 g/mol. The van der Waals surface area contributed by atoms with E-state index in [1.165, 1.54) is 0 Å². The van der Waals surface area contributed by atoms with E-state index < -0.39 is 0 Å². The molecule has 1 heterocycles. The zero-order valence-corrected chi connectivity index (χ0v) is 18.7. The number of carbonyl (C=O) groups is 2. The summed E-state index contributed by atoms with van der Waals surface area (Å²) >= 11 is 5.25. The summed E-state index contributed by atoms with van der Waals surface area (Å²) in [5, 5.41) is 5.85. The third-order valence-electron chi connectivity index (χ3n) is 5.14. The summed E-state index contributed by atoms with van der Waals surface area (Å²) in [5.74, 6) is 0.505. The number of unbranched alkanes of at least 4 members (excludes halogenated alkanes) is 2. The Bertz CT molecular complexity index is 891. The van der Waals surface area contributed by atoms with Gasteiger partial charge in [0.2, 0.25) is 0 Å². The van der Waals surface area contributed by atoms with Crippen LogP contribution in [0.2, 0.25) is 0 Å². The molecule has 0 aliphatic carbocycles. The van der Waals surface area contributed by atoms with E-state index in [0.29, 0.717) is 23.4 Å². The standard InChI is InChI=1S/C24H29N3O3S/c1-2-3-6-17-30-21-13-9-18(10-14-21)22(28)26-24(31)25-20-11-7-19(8-12-20)23(29)27-15-4-5-16-27/h7-14H,2-6,15-17H2,1H3,(H2,25,26,28,31). The van der Waals surface area contributed by atoms with Crippen LogP contribution in [-0.2, 0) is 0 Å². The van der Waals surface area contributed by atoms with E-state index in [-0.39, 0.29) is 16.9 Å². The molecule has 1 aliphatic rings. The van der Waals surface area contributed by atoms with Gasteiger partial charge in [0, 0.05) is 29.9 Å². The number of carbonyl (C=O) groups excluding carboxylic acids is 2. The van der Waals surface area contributed by atoms with Crippen molar-refractivity contribution in [2.24, 2.45) is 0 Å². The Balaban J connectivity index is 1.47. The second kappa shape index (κ2) is 11.5. The molecule has 3 rings (SSSR count). The number of amides is 2. The predicted molar refractivity (Wildman–Crippen MR) is 127 cm³/mol. The molecule has 0 unspecified atom stereocenters. The Labute approximate surface area is 189 Å². The summed E-state index contributed by atoms with van der Waals surface area (Å²) in [6.07, 6.45) is 5.44. The Kier molecular flexibility index (Phi) is 8.41. The molecule has 0 spiro atoms. The van der Waals surface area contributed by atoms with E-state index >= 15 is 0 Å². The highest BCUT2D eigenvalue weighted by atomic mass is 32.1. The molecule has 6 nitrogen and oxygen atoms in total. The lowest BCUT2D eigenvalue weighted by atomic mass is 10.2. The van der Waals surface area contributed by atoms with Crippen LogP contribution < -0.4 is 15.4 Å². The van der Waals surface area contributed by atoms with Crippen molar-refractivity contribution in [3.8, 4) is 5.75 Å². The summed E-state index contributed by atoms with van der Waals surface area (Å²) in [6.45, 7) is 4.47. The Hall–Kier alpha value is -2.93. The highest BCUT2D eigenvalue weighted by Gasteiger charge is 2.19. The van der Waals surface area contributed by atoms with Gasteiger partial charge in [0.15, 0.2) is 5.11 Å². The van der Waals surface area contributed by atoms with Gasteiger partial charge in [0.1, 0.15) is 5.75 Å². The lowest BCUT2D eigenvalue weighted by molar-refractivity contribution is 0.0792. The van der Waals surface area contributed by atoms with E-state index in [1.54, 1.807) is 48.5 Å². The summed E-state index contributed by atoms with van der Waals surface area (Å²) in [7, 11) is 0. The van der Waals surface area contributed by atoms with Crippen LogP contribution in [-0.4, -0.2) is 41.5 Å². The molecule has 7 heteroatoms. The largest absolute Gasteiger partial charge is 0.494 e. The SMILES string of the molecule is CCCCCOc1ccc(C(=O)NC(=S)Nc2ccc(C(=O)N3CCCC3)cc2)cc1. The zero-order valence-electron chi connectivity index (χ0n) is 17.9. The molecule has 1 aliphatic heterocycles. The number of nitrogens with one attached hydrogen (secondary N) is 2. The Morgan fingerprint density at radius 2 is 1.61 bits per heavy atom. The molecule has 0 saturated carbocycles. The van der Waals surface area contributed by atoms with Crippen LogP contribution in [0.3, 0.4) is 0 Å². The molecule has 1 saturated heterocycles. The minimum absolute atomic E-state index is 0.0534. The molecule has 164 valence electrons. The summed E-state index contributed by atoms with van der Waals surface area (Å²) in [4.78, 5) is 26.7. The molecule has 2 N–H and O–H groups in total. The molecule has 2 amide bonds. The first-order valence-electron chi connectivity index (χ1n) is 10.8. The van der Waals surface area contributed by atoms with Crippen molar-refractivity contribution in [1.82, 2.24) is 10.2 Å². The normalized spacial score (nSPS) is 13.0. The average molecular weight is 440 g/mol. The van der Waals surface area contributed by atoms with Crippen LogP contribution in [0.4, 0.5) is 5.69 Å². The first-order chi connectivity index (χ1) is 15.1. The quantitative estimate of drug-likeness (QED) is 0.464. The number of hydrogen-bond donors (Lipinski definition) is 2. The number of anilines is 1. The molecule has 2 aromatic carbocycles. The minimum atomic E-state index is -0.295. The van der Waals surface area contributed by atoms with Crippen LogP contribution in [0.15, 0.2) is 48.5 Å². The van der Waals surface area contributed by atoms with Gasteiger partial charge in [0.25, 0.3) is 11.8 Å². The van der Waals surface area contributed by atoms with Crippen molar-refractivity contribution in [3.05, 3.63) is 59.7 Å². The summed E-state index contributed by atoms with van der Waals surface area (Å²) < 4.78 is 5.66. The number of nitrogens with zero attached hydrogens (tertiary/aromatic N) is 1. The second-order valence-electron chi connectivity index (χ2n) is 7.56. The van der Waals surface area contributed by atoms with E-state index in [1.807, 2.05) is 4.90 Å².